The largest absolute Gasteiger partial charge is 0.438 e. The number of aryl methyl sites for hydroxylation is 1. The third kappa shape index (κ3) is 3.66. The molecule has 1 aromatic carbocycles. The third-order valence-corrected chi connectivity index (χ3v) is 3.21. The standard InChI is InChI=1S/C14H15BrFN3O/c1-3-4-12-18-13(17-2)8-14(19-12)20-11-6-5-9(16)7-10(11)15/h5-8H,3-4H2,1-2H3,(H,17,18,19). The van der Waals surface area contributed by atoms with Crippen molar-refractivity contribution in [1.82, 2.24) is 9.97 Å². The molecule has 1 aromatic heterocycles. The monoisotopic (exact) mass is 339 g/mol. The molecule has 0 saturated carbocycles. The van der Waals surface area contributed by atoms with Gasteiger partial charge in [-0.2, -0.15) is 4.98 Å². The second-order valence-corrected chi connectivity index (χ2v) is 5.04. The second kappa shape index (κ2) is 6.65. The van der Waals surface area contributed by atoms with Crippen LogP contribution in [-0.2, 0) is 6.42 Å². The van der Waals surface area contributed by atoms with Gasteiger partial charge in [0.25, 0.3) is 0 Å². The van der Waals surface area contributed by atoms with Crippen LogP contribution in [0.4, 0.5) is 10.2 Å². The number of aromatic nitrogens is 2. The molecule has 6 heteroatoms. The fourth-order valence-corrected chi connectivity index (χ4v) is 2.09. The van der Waals surface area contributed by atoms with Gasteiger partial charge >= 0.3 is 0 Å². The highest BCUT2D eigenvalue weighted by atomic mass is 79.9. The van der Waals surface area contributed by atoms with E-state index in [0.29, 0.717) is 27.7 Å². The average Bonchev–Trinajstić information content (AvgIpc) is 2.42. The van der Waals surface area contributed by atoms with Crippen LogP contribution in [0.5, 0.6) is 11.6 Å². The predicted octanol–water partition coefficient (Wildman–Crippen LogP) is 4.16. The van der Waals surface area contributed by atoms with E-state index in [4.69, 9.17) is 4.74 Å². The fraction of sp³-hybridized carbons (Fsp3) is 0.286. The number of halogens is 2. The molecule has 1 heterocycles. The summed E-state index contributed by atoms with van der Waals surface area (Å²) in [7, 11) is 1.79. The molecule has 0 aliphatic carbocycles. The summed E-state index contributed by atoms with van der Waals surface area (Å²) >= 11 is 3.27. The molecule has 0 atom stereocenters. The molecule has 0 fully saturated rings. The Labute approximate surface area is 125 Å². The molecule has 1 N–H and O–H groups in total. The number of ether oxygens (including phenoxy) is 1. The summed E-state index contributed by atoms with van der Waals surface area (Å²) in [5, 5.41) is 2.97. The van der Waals surface area contributed by atoms with Crippen molar-refractivity contribution in [3.05, 3.63) is 40.4 Å². The van der Waals surface area contributed by atoms with Crippen LogP contribution in [-0.4, -0.2) is 17.0 Å². The van der Waals surface area contributed by atoms with Crippen LogP contribution >= 0.6 is 15.9 Å². The Morgan fingerprint density at radius 1 is 1.30 bits per heavy atom. The molecular weight excluding hydrogens is 325 g/mol. The molecule has 4 nitrogen and oxygen atoms in total. The van der Waals surface area contributed by atoms with Gasteiger partial charge in [-0.05, 0) is 40.5 Å². The molecule has 0 spiro atoms. The van der Waals surface area contributed by atoms with Crippen LogP contribution in [0, 0.1) is 5.82 Å². The zero-order valence-electron chi connectivity index (χ0n) is 11.3. The molecule has 0 saturated heterocycles. The van der Waals surface area contributed by atoms with Crippen molar-refractivity contribution in [3.63, 3.8) is 0 Å². The molecule has 2 rings (SSSR count). The minimum atomic E-state index is -0.325. The van der Waals surface area contributed by atoms with Gasteiger partial charge in [-0.1, -0.05) is 6.92 Å². The first-order chi connectivity index (χ1) is 9.62. The molecule has 106 valence electrons. The normalized spacial score (nSPS) is 10.4. The molecule has 20 heavy (non-hydrogen) atoms. The highest BCUT2D eigenvalue weighted by molar-refractivity contribution is 9.10. The highest BCUT2D eigenvalue weighted by Crippen LogP contribution is 2.30. The van der Waals surface area contributed by atoms with Crippen LogP contribution in [0.15, 0.2) is 28.7 Å². The molecule has 0 aliphatic rings. The number of benzene rings is 1. The Hall–Kier alpha value is -1.69. The van der Waals surface area contributed by atoms with E-state index >= 15 is 0 Å². The Bertz CT molecular complexity index is 607. The first-order valence-corrected chi connectivity index (χ1v) is 7.10. The van der Waals surface area contributed by atoms with Crippen LogP contribution in [0.2, 0.25) is 0 Å². The van der Waals surface area contributed by atoms with E-state index in [1.54, 1.807) is 19.2 Å². The van der Waals surface area contributed by atoms with Gasteiger partial charge in [-0.3, -0.25) is 0 Å². The van der Waals surface area contributed by atoms with Crippen molar-refractivity contribution in [1.29, 1.82) is 0 Å². The Morgan fingerprint density at radius 3 is 2.75 bits per heavy atom. The van der Waals surface area contributed by atoms with Gasteiger partial charge in [-0.15, -0.1) is 0 Å². The number of nitrogens with one attached hydrogen (secondary N) is 1. The van der Waals surface area contributed by atoms with Gasteiger partial charge in [0.15, 0.2) is 0 Å². The lowest BCUT2D eigenvalue weighted by atomic mass is 10.3. The van der Waals surface area contributed by atoms with Crippen LogP contribution < -0.4 is 10.1 Å². The van der Waals surface area contributed by atoms with Crippen molar-refractivity contribution in [3.8, 4) is 11.6 Å². The van der Waals surface area contributed by atoms with Crippen molar-refractivity contribution in [2.24, 2.45) is 0 Å². The summed E-state index contributed by atoms with van der Waals surface area (Å²) in [6.07, 6.45) is 1.73. The van der Waals surface area contributed by atoms with E-state index in [1.165, 1.54) is 12.1 Å². The maximum Gasteiger partial charge on any atom is 0.224 e. The lowest BCUT2D eigenvalue weighted by Gasteiger charge is -2.10. The fourth-order valence-electron chi connectivity index (χ4n) is 1.66. The number of anilines is 1. The second-order valence-electron chi connectivity index (χ2n) is 4.18. The van der Waals surface area contributed by atoms with E-state index in [2.05, 4.69) is 38.1 Å². The molecular formula is C14H15BrFN3O. The summed E-state index contributed by atoms with van der Waals surface area (Å²) in [5.41, 5.74) is 0. The summed E-state index contributed by atoms with van der Waals surface area (Å²) in [5.74, 6) is 2.02. The van der Waals surface area contributed by atoms with E-state index in [9.17, 15) is 4.39 Å². The minimum Gasteiger partial charge on any atom is -0.438 e. The van der Waals surface area contributed by atoms with Crippen molar-refractivity contribution < 1.29 is 9.13 Å². The lowest BCUT2D eigenvalue weighted by molar-refractivity contribution is 0.454. The van der Waals surface area contributed by atoms with Crippen LogP contribution in [0.3, 0.4) is 0 Å². The topological polar surface area (TPSA) is 47.0 Å². The number of rotatable bonds is 5. The average molecular weight is 340 g/mol. The molecule has 0 radical (unpaired) electrons. The van der Waals surface area contributed by atoms with Crippen LogP contribution in [0.25, 0.3) is 0 Å². The Balaban J connectivity index is 2.29. The van der Waals surface area contributed by atoms with Gasteiger partial charge in [0, 0.05) is 19.5 Å². The zero-order valence-corrected chi connectivity index (χ0v) is 12.9. The van der Waals surface area contributed by atoms with Gasteiger partial charge in [0.2, 0.25) is 5.88 Å². The van der Waals surface area contributed by atoms with Gasteiger partial charge in [0.1, 0.15) is 23.2 Å². The summed E-state index contributed by atoms with van der Waals surface area (Å²) < 4.78 is 19.3. The lowest BCUT2D eigenvalue weighted by Crippen LogP contribution is -2.02. The maximum absolute atomic E-state index is 13.0. The number of hydrogen-bond acceptors (Lipinski definition) is 4. The molecule has 2 aromatic rings. The number of nitrogens with zero attached hydrogens (tertiary/aromatic N) is 2. The predicted molar refractivity (Wildman–Crippen MR) is 79.7 cm³/mol. The van der Waals surface area contributed by atoms with Gasteiger partial charge < -0.3 is 10.1 Å². The first-order valence-electron chi connectivity index (χ1n) is 6.31. The minimum absolute atomic E-state index is 0.325. The van der Waals surface area contributed by atoms with Crippen molar-refractivity contribution in [2.45, 2.75) is 19.8 Å². The molecule has 0 amide bonds. The first kappa shape index (κ1) is 14.7. The molecule has 0 bridgehead atoms. The summed E-state index contributed by atoms with van der Waals surface area (Å²) in [4.78, 5) is 8.69. The van der Waals surface area contributed by atoms with Crippen molar-refractivity contribution >= 4 is 21.7 Å². The van der Waals surface area contributed by atoms with Crippen molar-refractivity contribution in [2.75, 3.05) is 12.4 Å². The van der Waals surface area contributed by atoms with Crippen LogP contribution in [0.1, 0.15) is 19.2 Å². The highest BCUT2D eigenvalue weighted by Gasteiger charge is 2.08. The zero-order chi connectivity index (χ0) is 14.5. The quantitative estimate of drug-likeness (QED) is 0.888. The summed E-state index contributed by atoms with van der Waals surface area (Å²) in [6.45, 7) is 2.06. The van der Waals surface area contributed by atoms with Gasteiger partial charge in [-0.25, -0.2) is 9.37 Å². The third-order valence-electron chi connectivity index (χ3n) is 2.59. The van der Waals surface area contributed by atoms with E-state index in [-0.39, 0.29) is 5.82 Å². The smallest absolute Gasteiger partial charge is 0.224 e. The number of hydrogen-bond donors (Lipinski definition) is 1. The Morgan fingerprint density at radius 2 is 2.10 bits per heavy atom. The molecule has 0 aliphatic heterocycles. The SMILES string of the molecule is CCCc1nc(NC)cc(Oc2ccc(F)cc2Br)n1. The van der Waals surface area contributed by atoms with E-state index in [0.717, 1.165) is 12.8 Å². The summed E-state index contributed by atoms with van der Waals surface area (Å²) in [6, 6.07) is 5.95. The van der Waals surface area contributed by atoms with E-state index in [1.807, 2.05) is 0 Å². The van der Waals surface area contributed by atoms with E-state index < -0.39 is 0 Å². The van der Waals surface area contributed by atoms with Gasteiger partial charge in [0.05, 0.1) is 4.47 Å². The Kier molecular flexibility index (Phi) is 4.89. The maximum atomic E-state index is 13.0. The molecule has 0 unspecified atom stereocenters.